The van der Waals surface area contributed by atoms with E-state index in [1.54, 1.807) is 0 Å². The zero-order valence-corrected chi connectivity index (χ0v) is 26.6. The molecule has 0 aromatic heterocycles. The summed E-state index contributed by atoms with van der Waals surface area (Å²) in [5.41, 5.74) is 2.36. The Bertz CT molecular complexity index is 1190. The minimum Gasteiger partial charge on any atom is -0.476 e. The van der Waals surface area contributed by atoms with Crippen molar-refractivity contribution in [2.75, 3.05) is 79.3 Å². The molecule has 3 rings (SSSR count). The van der Waals surface area contributed by atoms with Crippen molar-refractivity contribution in [3.05, 3.63) is 108 Å². The molecule has 0 saturated heterocycles. The first-order valence-electron chi connectivity index (χ1n) is 15.6. The fourth-order valence-corrected chi connectivity index (χ4v) is 4.61. The molecule has 0 fully saturated rings. The Balaban J connectivity index is 1.19. The third-order valence-corrected chi connectivity index (χ3v) is 6.86. The van der Waals surface area contributed by atoms with Crippen molar-refractivity contribution in [3.63, 3.8) is 0 Å². The lowest BCUT2D eigenvalue weighted by Gasteiger charge is -2.36. The van der Waals surface area contributed by atoms with Crippen LogP contribution in [0.25, 0.3) is 0 Å². The molecule has 0 bridgehead atoms. The highest BCUT2D eigenvalue weighted by Crippen LogP contribution is 2.40. The molecule has 11 heteroatoms. The predicted octanol–water partition coefficient (Wildman–Crippen LogP) is 4.06. The van der Waals surface area contributed by atoms with E-state index in [-0.39, 0.29) is 26.1 Å². The van der Waals surface area contributed by atoms with Crippen LogP contribution in [-0.2, 0) is 53.1 Å². The van der Waals surface area contributed by atoms with Crippen LogP contribution in [-0.4, -0.2) is 102 Å². The summed E-state index contributed by atoms with van der Waals surface area (Å²) in [6, 6.07) is 30.7. The predicted molar refractivity (Wildman–Crippen MR) is 172 cm³/mol. The topological polar surface area (TPSA) is 136 Å². The number of esters is 1. The molecule has 0 aliphatic carbocycles. The summed E-state index contributed by atoms with van der Waals surface area (Å²) in [5, 5.41) is 8.47. The van der Waals surface area contributed by atoms with Crippen molar-refractivity contribution < 1.29 is 52.6 Å². The normalized spacial score (nSPS) is 11.3. The maximum atomic E-state index is 11.4. The van der Waals surface area contributed by atoms with Crippen molar-refractivity contribution in [1.82, 2.24) is 0 Å². The number of Topliss-reactive ketones (excluding diaryl/α,β-unsaturated/α-hetero) is 1. The fourth-order valence-electron chi connectivity index (χ4n) is 4.61. The molecule has 0 heterocycles. The van der Waals surface area contributed by atoms with Gasteiger partial charge in [0.05, 0.1) is 79.1 Å². The number of benzene rings is 3. The largest absolute Gasteiger partial charge is 0.476 e. The van der Waals surface area contributed by atoms with Gasteiger partial charge in [-0.25, -0.2) is 4.79 Å². The number of carbonyl (C=O) groups excluding carboxylic acids is 2. The van der Waals surface area contributed by atoms with Crippen LogP contribution in [0.5, 0.6) is 0 Å². The van der Waals surface area contributed by atoms with Gasteiger partial charge in [0.25, 0.3) is 0 Å². The van der Waals surface area contributed by atoms with Crippen molar-refractivity contribution in [2.45, 2.75) is 18.4 Å². The summed E-state index contributed by atoms with van der Waals surface area (Å²) in [4.78, 5) is 32.8. The van der Waals surface area contributed by atoms with E-state index in [4.69, 9.17) is 38.3 Å². The summed E-state index contributed by atoms with van der Waals surface area (Å²) in [5.74, 6) is -3.23. The lowest BCUT2D eigenvalue weighted by Crippen LogP contribution is -2.34. The van der Waals surface area contributed by atoms with Crippen LogP contribution in [0.4, 0.5) is 0 Å². The van der Waals surface area contributed by atoms with Gasteiger partial charge >= 0.3 is 11.9 Å². The highest BCUT2D eigenvalue weighted by atomic mass is 16.6. The Morgan fingerprint density at radius 3 is 1.17 bits per heavy atom. The minimum atomic E-state index is -1.56. The molecule has 0 saturated carbocycles. The fraction of sp³-hybridized carbons (Fsp3) is 0.417. The Hall–Kier alpha value is -3.97. The molecular formula is C36H44O11. The van der Waals surface area contributed by atoms with Crippen molar-refractivity contribution in [2.24, 2.45) is 0 Å². The van der Waals surface area contributed by atoms with Crippen molar-refractivity contribution in [3.8, 4) is 0 Å². The summed E-state index contributed by atoms with van der Waals surface area (Å²) in [6.07, 6.45) is -0.659. The van der Waals surface area contributed by atoms with Crippen LogP contribution >= 0.6 is 0 Å². The summed E-state index contributed by atoms with van der Waals surface area (Å²) in [7, 11) is 0. The van der Waals surface area contributed by atoms with E-state index in [1.807, 2.05) is 54.6 Å². The lowest BCUT2D eigenvalue weighted by molar-refractivity contribution is -0.151. The van der Waals surface area contributed by atoms with Gasteiger partial charge in [0, 0.05) is 6.42 Å². The molecule has 47 heavy (non-hydrogen) atoms. The molecule has 0 aliphatic heterocycles. The highest BCUT2D eigenvalue weighted by Gasteiger charge is 2.37. The number of carboxylic acid groups (broad SMARTS) is 1. The summed E-state index contributed by atoms with van der Waals surface area (Å²) < 4.78 is 39.2. The van der Waals surface area contributed by atoms with Gasteiger partial charge < -0.3 is 38.3 Å². The van der Waals surface area contributed by atoms with Crippen molar-refractivity contribution >= 4 is 17.7 Å². The van der Waals surface area contributed by atoms with E-state index in [1.165, 1.54) is 0 Å². The van der Waals surface area contributed by atoms with Gasteiger partial charge in [0.15, 0.2) is 0 Å². The molecule has 11 nitrogen and oxygen atoms in total. The second-order valence-corrected chi connectivity index (χ2v) is 10.1. The van der Waals surface area contributed by atoms with Crippen LogP contribution in [0.15, 0.2) is 91.0 Å². The second-order valence-electron chi connectivity index (χ2n) is 10.1. The molecule has 1 N–H and O–H groups in total. The number of ether oxygens (including phenoxy) is 7. The Labute approximate surface area is 275 Å². The maximum absolute atomic E-state index is 11.4. The summed E-state index contributed by atoms with van der Waals surface area (Å²) >= 11 is 0. The number of ketones is 1. The van der Waals surface area contributed by atoms with E-state index in [2.05, 4.69) is 36.4 Å². The van der Waals surface area contributed by atoms with E-state index in [0.717, 1.165) is 16.7 Å². The zero-order valence-electron chi connectivity index (χ0n) is 26.6. The standard InChI is InChI=1S/C36H44O11/c37-33(35(39)40)16-17-34(38)46-28-26-44-24-22-42-20-18-41-19-21-43-23-25-45-27-29-47-36(30-10-4-1-5-11-30,31-12-6-2-7-13-31)32-14-8-3-9-15-32/h1-15H,16-29H2,(H,39,40). The first-order valence-corrected chi connectivity index (χ1v) is 15.6. The van der Waals surface area contributed by atoms with E-state index in [0.29, 0.717) is 66.1 Å². The SMILES string of the molecule is O=C(CCC(=O)C(=O)O)OCCOCCOCCOCCOCCOCCOC(c1ccccc1)(c1ccccc1)c1ccccc1. The molecule has 0 amide bonds. The number of hydrogen-bond acceptors (Lipinski definition) is 10. The zero-order chi connectivity index (χ0) is 33.4. The van der Waals surface area contributed by atoms with Crippen LogP contribution in [0, 0.1) is 0 Å². The number of aliphatic carboxylic acids is 1. The molecule has 0 aliphatic rings. The van der Waals surface area contributed by atoms with Crippen LogP contribution in [0.1, 0.15) is 29.5 Å². The summed E-state index contributed by atoms with van der Waals surface area (Å²) in [6.45, 7) is 4.20. The Kier molecular flexibility index (Phi) is 18.0. The van der Waals surface area contributed by atoms with Gasteiger partial charge in [0.2, 0.25) is 5.78 Å². The third kappa shape index (κ3) is 13.7. The van der Waals surface area contributed by atoms with Crippen LogP contribution in [0.3, 0.4) is 0 Å². The molecule has 0 unspecified atom stereocenters. The lowest BCUT2D eigenvalue weighted by atomic mass is 9.80. The molecule has 0 spiro atoms. The number of rotatable bonds is 26. The average Bonchev–Trinajstić information content (AvgIpc) is 3.11. The van der Waals surface area contributed by atoms with Crippen molar-refractivity contribution in [1.29, 1.82) is 0 Å². The molecule has 0 radical (unpaired) electrons. The van der Waals surface area contributed by atoms with Crippen LogP contribution < -0.4 is 0 Å². The van der Waals surface area contributed by atoms with Gasteiger partial charge in [-0.3, -0.25) is 9.59 Å². The molecule has 254 valence electrons. The molecular weight excluding hydrogens is 608 g/mol. The Morgan fingerprint density at radius 2 is 0.809 bits per heavy atom. The first-order chi connectivity index (χ1) is 23.0. The molecule has 3 aromatic rings. The third-order valence-electron chi connectivity index (χ3n) is 6.86. The monoisotopic (exact) mass is 652 g/mol. The number of carbonyl (C=O) groups is 3. The number of carboxylic acids is 1. The van der Waals surface area contributed by atoms with E-state index in [9.17, 15) is 14.4 Å². The quantitative estimate of drug-likeness (QED) is 0.0582. The minimum absolute atomic E-state index is 0.0134. The Morgan fingerprint density at radius 1 is 0.468 bits per heavy atom. The van der Waals surface area contributed by atoms with Gasteiger partial charge in [-0.05, 0) is 16.7 Å². The second kappa shape index (κ2) is 22.5. The van der Waals surface area contributed by atoms with Crippen LogP contribution in [0.2, 0.25) is 0 Å². The smallest absolute Gasteiger partial charge is 0.372 e. The van der Waals surface area contributed by atoms with Gasteiger partial charge in [0.1, 0.15) is 12.2 Å². The van der Waals surface area contributed by atoms with E-state index >= 15 is 0 Å². The first kappa shape index (κ1) is 37.5. The maximum Gasteiger partial charge on any atom is 0.372 e. The highest BCUT2D eigenvalue weighted by molar-refractivity contribution is 6.32. The number of hydrogen-bond donors (Lipinski definition) is 1. The van der Waals surface area contributed by atoms with E-state index < -0.39 is 23.3 Å². The van der Waals surface area contributed by atoms with Gasteiger partial charge in [-0.1, -0.05) is 91.0 Å². The van der Waals surface area contributed by atoms with Gasteiger partial charge in [-0.2, -0.15) is 0 Å². The van der Waals surface area contributed by atoms with Gasteiger partial charge in [-0.15, -0.1) is 0 Å². The molecule has 0 atom stereocenters. The molecule has 3 aromatic carbocycles. The average molecular weight is 653 g/mol.